The lowest BCUT2D eigenvalue weighted by Gasteiger charge is -2.08. The smallest absolute Gasteiger partial charge is 0.213 e. The molecule has 23 heavy (non-hydrogen) atoms. The van der Waals surface area contributed by atoms with E-state index in [-0.39, 0.29) is 0 Å². The SMILES string of the molecule is O=CNc1nc2ccc(-c3c(CF)ccc4[nH]ncc34)cc2s1. The Hall–Kier alpha value is -2.80. The van der Waals surface area contributed by atoms with Gasteiger partial charge in [0.2, 0.25) is 6.41 Å². The van der Waals surface area contributed by atoms with Crippen molar-refractivity contribution < 1.29 is 9.18 Å². The Morgan fingerprint density at radius 1 is 1.30 bits per heavy atom. The molecule has 2 aromatic heterocycles. The fourth-order valence-electron chi connectivity index (χ4n) is 2.71. The minimum atomic E-state index is -0.546. The van der Waals surface area contributed by atoms with Crippen molar-refractivity contribution in [3.8, 4) is 11.1 Å². The number of fused-ring (bicyclic) bond motifs is 2. The summed E-state index contributed by atoms with van der Waals surface area (Å²) in [5, 5.41) is 10.9. The van der Waals surface area contributed by atoms with Gasteiger partial charge in [-0.2, -0.15) is 5.10 Å². The summed E-state index contributed by atoms with van der Waals surface area (Å²) in [4.78, 5) is 14.9. The Bertz CT molecular complexity index is 1020. The van der Waals surface area contributed by atoms with E-state index < -0.39 is 6.67 Å². The molecule has 4 aromatic rings. The molecule has 5 nitrogen and oxygen atoms in total. The maximum Gasteiger partial charge on any atom is 0.213 e. The number of carbonyl (C=O) groups is 1. The highest BCUT2D eigenvalue weighted by molar-refractivity contribution is 7.22. The second-order valence-corrected chi connectivity index (χ2v) is 6.06. The number of anilines is 1. The van der Waals surface area contributed by atoms with Crippen LogP contribution in [0.15, 0.2) is 36.5 Å². The Balaban J connectivity index is 1.94. The number of carbonyl (C=O) groups excluding carboxylic acids is 1. The highest BCUT2D eigenvalue weighted by atomic mass is 32.1. The van der Waals surface area contributed by atoms with Crippen LogP contribution in [0.1, 0.15) is 5.56 Å². The summed E-state index contributed by atoms with van der Waals surface area (Å²) in [6, 6.07) is 9.35. The van der Waals surface area contributed by atoms with Crippen LogP contribution in [0.5, 0.6) is 0 Å². The number of aromatic amines is 1. The van der Waals surface area contributed by atoms with Gasteiger partial charge in [-0.15, -0.1) is 0 Å². The summed E-state index contributed by atoms with van der Waals surface area (Å²) in [6.07, 6.45) is 2.31. The maximum atomic E-state index is 13.4. The van der Waals surface area contributed by atoms with Crippen molar-refractivity contribution in [2.24, 2.45) is 0 Å². The van der Waals surface area contributed by atoms with E-state index in [0.717, 1.165) is 32.2 Å². The van der Waals surface area contributed by atoms with E-state index in [2.05, 4.69) is 20.5 Å². The largest absolute Gasteiger partial charge is 0.305 e. The van der Waals surface area contributed by atoms with Crippen LogP contribution in [-0.4, -0.2) is 21.6 Å². The number of nitrogens with one attached hydrogen (secondary N) is 2. The van der Waals surface area contributed by atoms with E-state index in [4.69, 9.17) is 0 Å². The lowest BCUT2D eigenvalue weighted by molar-refractivity contribution is -0.105. The third-order valence-electron chi connectivity index (χ3n) is 3.71. The Labute approximate surface area is 134 Å². The zero-order valence-corrected chi connectivity index (χ0v) is 12.7. The van der Waals surface area contributed by atoms with Gasteiger partial charge in [-0.25, -0.2) is 9.37 Å². The molecular weight excluding hydrogens is 315 g/mol. The average molecular weight is 326 g/mol. The van der Waals surface area contributed by atoms with Gasteiger partial charge in [0.05, 0.1) is 21.9 Å². The third kappa shape index (κ3) is 2.25. The first-order valence-corrected chi connectivity index (χ1v) is 7.74. The predicted octanol–water partition coefficient (Wildman–Crippen LogP) is 3.88. The molecule has 0 aliphatic carbocycles. The summed E-state index contributed by atoms with van der Waals surface area (Å²) in [7, 11) is 0. The summed E-state index contributed by atoms with van der Waals surface area (Å²) >= 11 is 1.38. The fourth-order valence-corrected chi connectivity index (χ4v) is 3.57. The Morgan fingerprint density at radius 2 is 2.22 bits per heavy atom. The molecule has 2 N–H and O–H groups in total. The van der Waals surface area contributed by atoms with Gasteiger partial charge < -0.3 is 5.32 Å². The van der Waals surface area contributed by atoms with Gasteiger partial charge >= 0.3 is 0 Å². The van der Waals surface area contributed by atoms with Gasteiger partial charge in [0, 0.05) is 5.39 Å². The van der Waals surface area contributed by atoms with Gasteiger partial charge in [-0.1, -0.05) is 23.5 Å². The highest BCUT2D eigenvalue weighted by Gasteiger charge is 2.13. The number of benzene rings is 2. The number of halogens is 1. The number of nitrogens with zero attached hydrogens (tertiary/aromatic N) is 2. The first-order valence-electron chi connectivity index (χ1n) is 6.92. The number of aromatic nitrogens is 3. The van der Waals surface area contributed by atoms with Crippen LogP contribution in [0.25, 0.3) is 32.2 Å². The Kier molecular flexibility index (Phi) is 3.27. The number of H-pyrrole nitrogens is 1. The standard InChI is InChI=1S/C16H11FN4OS/c17-6-10-2-3-12-11(7-19-21-12)15(10)9-1-4-13-14(5-9)23-16(20-13)18-8-22/h1-5,7-8H,6H2,(H,19,21)(H,18,20,22). The maximum absolute atomic E-state index is 13.4. The normalized spacial score (nSPS) is 11.2. The molecule has 0 unspecified atom stereocenters. The van der Waals surface area contributed by atoms with Crippen LogP contribution in [0.4, 0.5) is 9.52 Å². The van der Waals surface area contributed by atoms with Crippen molar-refractivity contribution in [3.05, 3.63) is 42.1 Å². The molecule has 0 radical (unpaired) electrons. The third-order valence-corrected chi connectivity index (χ3v) is 4.66. The predicted molar refractivity (Wildman–Crippen MR) is 89.2 cm³/mol. The number of amides is 1. The van der Waals surface area contributed by atoms with Crippen LogP contribution >= 0.6 is 11.3 Å². The van der Waals surface area contributed by atoms with Crippen LogP contribution in [0, 0.1) is 0 Å². The molecule has 0 aliphatic rings. The number of hydrogen-bond acceptors (Lipinski definition) is 4. The first kappa shape index (κ1) is 13.8. The zero-order valence-electron chi connectivity index (χ0n) is 11.8. The molecule has 0 atom stereocenters. The summed E-state index contributed by atoms with van der Waals surface area (Å²) in [5.41, 5.74) is 4.01. The molecule has 1 amide bonds. The van der Waals surface area contributed by atoms with Gasteiger partial charge in [-0.05, 0) is 34.9 Å². The molecule has 0 saturated carbocycles. The Morgan fingerprint density at radius 3 is 3.04 bits per heavy atom. The minimum Gasteiger partial charge on any atom is -0.305 e. The molecule has 114 valence electrons. The van der Waals surface area contributed by atoms with Crippen molar-refractivity contribution in [1.29, 1.82) is 0 Å². The molecule has 0 spiro atoms. The van der Waals surface area contributed by atoms with Crippen LogP contribution in [-0.2, 0) is 11.5 Å². The van der Waals surface area contributed by atoms with E-state index in [9.17, 15) is 9.18 Å². The van der Waals surface area contributed by atoms with Crippen LogP contribution < -0.4 is 5.32 Å². The molecule has 0 bridgehead atoms. The topological polar surface area (TPSA) is 70.7 Å². The van der Waals surface area contributed by atoms with E-state index >= 15 is 0 Å². The second kappa shape index (κ2) is 5.44. The molecule has 0 saturated heterocycles. The van der Waals surface area contributed by atoms with E-state index in [1.165, 1.54) is 11.3 Å². The van der Waals surface area contributed by atoms with Crippen molar-refractivity contribution in [2.45, 2.75) is 6.67 Å². The van der Waals surface area contributed by atoms with Gasteiger partial charge in [0.25, 0.3) is 0 Å². The number of thiazole rings is 1. The van der Waals surface area contributed by atoms with E-state index in [1.807, 2.05) is 24.3 Å². The van der Waals surface area contributed by atoms with E-state index in [0.29, 0.717) is 17.1 Å². The molecule has 0 aliphatic heterocycles. The molecule has 0 fully saturated rings. The summed E-state index contributed by atoms with van der Waals surface area (Å²) in [5.74, 6) is 0. The molecular formula is C16H11FN4OS. The lowest BCUT2D eigenvalue weighted by atomic mass is 9.96. The van der Waals surface area contributed by atoms with Crippen molar-refractivity contribution >= 4 is 44.0 Å². The second-order valence-electron chi connectivity index (χ2n) is 5.03. The molecule has 2 heterocycles. The monoisotopic (exact) mass is 326 g/mol. The van der Waals surface area contributed by atoms with E-state index in [1.54, 1.807) is 12.3 Å². The number of rotatable bonds is 4. The van der Waals surface area contributed by atoms with Gasteiger partial charge in [-0.3, -0.25) is 9.89 Å². The van der Waals surface area contributed by atoms with Crippen molar-refractivity contribution in [2.75, 3.05) is 5.32 Å². The number of alkyl halides is 1. The molecule has 4 rings (SSSR count). The van der Waals surface area contributed by atoms with Crippen LogP contribution in [0.2, 0.25) is 0 Å². The van der Waals surface area contributed by atoms with Crippen molar-refractivity contribution in [3.63, 3.8) is 0 Å². The quantitative estimate of drug-likeness (QED) is 0.559. The average Bonchev–Trinajstić information content (AvgIpc) is 3.19. The molecule has 2 aromatic carbocycles. The van der Waals surface area contributed by atoms with Crippen molar-refractivity contribution in [1.82, 2.24) is 15.2 Å². The zero-order chi connectivity index (χ0) is 15.8. The highest BCUT2D eigenvalue weighted by Crippen LogP contribution is 2.35. The van der Waals surface area contributed by atoms with Crippen LogP contribution in [0.3, 0.4) is 0 Å². The summed E-state index contributed by atoms with van der Waals surface area (Å²) in [6.45, 7) is -0.546. The van der Waals surface area contributed by atoms with Gasteiger partial charge in [0.1, 0.15) is 6.67 Å². The number of hydrogen-bond donors (Lipinski definition) is 2. The minimum absolute atomic E-state index is 0.541. The lowest BCUT2D eigenvalue weighted by Crippen LogP contribution is -1.91. The first-order chi connectivity index (χ1) is 11.3. The fraction of sp³-hybridized carbons (Fsp3) is 0.0625. The van der Waals surface area contributed by atoms with Gasteiger partial charge in [0.15, 0.2) is 5.13 Å². The summed E-state index contributed by atoms with van der Waals surface area (Å²) < 4.78 is 14.4. The molecule has 7 heteroatoms.